The van der Waals surface area contributed by atoms with E-state index in [0.717, 1.165) is 37.4 Å². The molecule has 0 saturated carbocycles. The highest BCUT2D eigenvalue weighted by Crippen LogP contribution is 2.21. The largest absolute Gasteiger partial charge is 0.490 e. The second-order valence-electron chi connectivity index (χ2n) is 4.80. The zero-order chi connectivity index (χ0) is 13.8. The van der Waals surface area contributed by atoms with Gasteiger partial charge in [0.1, 0.15) is 11.9 Å². The van der Waals surface area contributed by atoms with E-state index in [1.165, 1.54) is 11.3 Å². The summed E-state index contributed by atoms with van der Waals surface area (Å²) >= 11 is 1.53. The van der Waals surface area contributed by atoms with Gasteiger partial charge in [0.15, 0.2) is 5.78 Å². The average Bonchev–Trinajstić information content (AvgIpc) is 3.02. The summed E-state index contributed by atoms with van der Waals surface area (Å²) in [5.41, 5.74) is 1.41. The van der Waals surface area contributed by atoms with Crippen LogP contribution < -0.4 is 4.74 Å². The van der Waals surface area contributed by atoms with Gasteiger partial charge in [0.25, 0.3) is 0 Å². The van der Waals surface area contributed by atoms with E-state index in [4.69, 9.17) is 9.47 Å². The van der Waals surface area contributed by atoms with E-state index in [9.17, 15) is 4.79 Å². The van der Waals surface area contributed by atoms with Gasteiger partial charge in [-0.25, -0.2) is 0 Å². The predicted octanol–water partition coefficient (Wildman–Crippen LogP) is 3.54. The van der Waals surface area contributed by atoms with E-state index in [2.05, 4.69) is 0 Å². The molecule has 1 aromatic carbocycles. The number of rotatable bonds is 4. The maximum atomic E-state index is 12.3. The summed E-state index contributed by atoms with van der Waals surface area (Å²) in [7, 11) is 0. The molecule has 0 spiro atoms. The van der Waals surface area contributed by atoms with Crippen LogP contribution in [0.25, 0.3) is 0 Å². The third kappa shape index (κ3) is 3.08. The molecule has 104 valence electrons. The summed E-state index contributed by atoms with van der Waals surface area (Å²) in [6.07, 6.45) is 2.00. The number of thiophene rings is 1. The fourth-order valence-corrected chi connectivity index (χ4v) is 2.89. The first-order valence-corrected chi connectivity index (χ1v) is 7.68. The Balaban J connectivity index is 1.74. The highest BCUT2D eigenvalue weighted by molar-refractivity contribution is 7.08. The summed E-state index contributed by atoms with van der Waals surface area (Å²) in [6.45, 7) is 1.50. The molecule has 20 heavy (non-hydrogen) atoms. The van der Waals surface area contributed by atoms with Gasteiger partial charge in [-0.05, 0) is 23.6 Å². The molecule has 1 fully saturated rings. The number of ether oxygens (including phenoxy) is 2. The minimum Gasteiger partial charge on any atom is -0.490 e. The first kappa shape index (κ1) is 13.3. The summed E-state index contributed by atoms with van der Waals surface area (Å²) in [4.78, 5) is 12.3. The molecule has 1 aromatic heterocycles. The zero-order valence-corrected chi connectivity index (χ0v) is 11.9. The van der Waals surface area contributed by atoms with Crippen LogP contribution in [0.15, 0.2) is 41.1 Å². The Morgan fingerprint density at radius 2 is 2.05 bits per heavy atom. The predicted molar refractivity (Wildman–Crippen MR) is 78.7 cm³/mol. The summed E-state index contributed by atoms with van der Waals surface area (Å²) < 4.78 is 11.2. The first-order valence-electron chi connectivity index (χ1n) is 6.74. The maximum absolute atomic E-state index is 12.3. The molecule has 0 bridgehead atoms. The summed E-state index contributed by atoms with van der Waals surface area (Å²) in [5.74, 6) is 0.807. The van der Waals surface area contributed by atoms with Gasteiger partial charge in [-0.1, -0.05) is 12.1 Å². The number of carbonyl (C=O) groups excluding carboxylic acids is 1. The van der Waals surface area contributed by atoms with Gasteiger partial charge in [0.2, 0.25) is 0 Å². The van der Waals surface area contributed by atoms with Crippen molar-refractivity contribution in [3.05, 3.63) is 52.2 Å². The second-order valence-corrected chi connectivity index (χ2v) is 5.58. The monoisotopic (exact) mass is 288 g/mol. The molecule has 2 heterocycles. The molecule has 0 atom stereocenters. The SMILES string of the molecule is O=C(c1ccsc1)c1cccc(OC2CCOCC2)c1. The van der Waals surface area contributed by atoms with Gasteiger partial charge in [-0.3, -0.25) is 4.79 Å². The van der Waals surface area contributed by atoms with E-state index in [1.54, 1.807) is 0 Å². The van der Waals surface area contributed by atoms with E-state index >= 15 is 0 Å². The fraction of sp³-hybridized carbons (Fsp3) is 0.312. The number of ketones is 1. The van der Waals surface area contributed by atoms with E-state index in [1.807, 2.05) is 41.1 Å². The molecular formula is C16H16O3S. The van der Waals surface area contributed by atoms with Gasteiger partial charge < -0.3 is 9.47 Å². The minimum atomic E-state index is 0.0451. The molecule has 3 rings (SSSR count). The zero-order valence-electron chi connectivity index (χ0n) is 11.1. The second kappa shape index (κ2) is 6.20. The number of benzene rings is 1. The van der Waals surface area contributed by atoms with Crippen molar-refractivity contribution in [1.29, 1.82) is 0 Å². The Kier molecular flexibility index (Phi) is 4.14. The van der Waals surface area contributed by atoms with Crippen LogP contribution in [0.4, 0.5) is 0 Å². The minimum absolute atomic E-state index is 0.0451. The van der Waals surface area contributed by atoms with Gasteiger partial charge in [-0.15, -0.1) is 0 Å². The van der Waals surface area contributed by atoms with Gasteiger partial charge in [-0.2, -0.15) is 11.3 Å². The number of hydrogen-bond acceptors (Lipinski definition) is 4. The third-order valence-corrected chi connectivity index (χ3v) is 4.03. The topological polar surface area (TPSA) is 35.5 Å². The van der Waals surface area contributed by atoms with Crippen LogP contribution in [0.5, 0.6) is 5.75 Å². The van der Waals surface area contributed by atoms with Crippen LogP contribution in [0, 0.1) is 0 Å². The quantitative estimate of drug-likeness (QED) is 0.807. The smallest absolute Gasteiger partial charge is 0.193 e. The van der Waals surface area contributed by atoms with E-state index in [0.29, 0.717) is 5.56 Å². The summed E-state index contributed by atoms with van der Waals surface area (Å²) in [5, 5.41) is 3.78. The summed E-state index contributed by atoms with van der Waals surface area (Å²) in [6, 6.07) is 9.28. The molecule has 0 aliphatic carbocycles. The van der Waals surface area contributed by atoms with Crippen molar-refractivity contribution in [2.75, 3.05) is 13.2 Å². The van der Waals surface area contributed by atoms with Crippen molar-refractivity contribution in [3.8, 4) is 5.75 Å². The van der Waals surface area contributed by atoms with Gasteiger partial charge in [0, 0.05) is 29.3 Å². The van der Waals surface area contributed by atoms with Crippen molar-refractivity contribution >= 4 is 17.1 Å². The normalized spacial score (nSPS) is 16.0. The Bertz CT molecular complexity index is 571. The Morgan fingerprint density at radius 3 is 2.80 bits per heavy atom. The Labute approximate surface area is 122 Å². The molecule has 4 heteroatoms. The highest BCUT2D eigenvalue weighted by atomic mass is 32.1. The van der Waals surface area contributed by atoms with E-state index < -0.39 is 0 Å². The van der Waals surface area contributed by atoms with Crippen LogP contribution in [0.3, 0.4) is 0 Å². The molecule has 0 amide bonds. The van der Waals surface area contributed by atoms with Crippen LogP contribution in [0.2, 0.25) is 0 Å². The molecule has 2 aromatic rings. The molecular weight excluding hydrogens is 272 g/mol. The van der Waals surface area contributed by atoms with Crippen molar-refractivity contribution < 1.29 is 14.3 Å². The highest BCUT2D eigenvalue weighted by Gasteiger charge is 2.16. The lowest BCUT2D eigenvalue weighted by Gasteiger charge is -2.23. The van der Waals surface area contributed by atoms with Crippen molar-refractivity contribution in [2.24, 2.45) is 0 Å². The third-order valence-electron chi connectivity index (χ3n) is 3.35. The molecule has 1 saturated heterocycles. The molecule has 1 aliphatic rings. The molecule has 0 unspecified atom stereocenters. The molecule has 0 N–H and O–H groups in total. The molecule has 1 aliphatic heterocycles. The Hall–Kier alpha value is -1.65. The number of hydrogen-bond donors (Lipinski definition) is 0. The maximum Gasteiger partial charge on any atom is 0.193 e. The van der Waals surface area contributed by atoms with Crippen molar-refractivity contribution in [1.82, 2.24) is 0 Å². The van der Waals surface area contributed by atoms with Crippen molar-refractivity contribution in [3.63, 3.8) is 0 Å². The lowest BCUT2D eigenvalue weighted by Crippen LogP contribution is -2.25. The Morgan fingerprint density at radius 1 is 1.20 bits per heavy atom. The first-order chi connectivity index (χ1) is 9.83. The molecule has 3 nitrogen and oxygen atoms in total. The van der Waals surface area contributed by atoms with Gasteiger partial charge in [0.05, 0.1) is 13.2 Å². The lowest BCUT2D eigenvalue weighted by molar-refractivity contribution is 0.0255. The standard InChI is InChI=1S/C16H16O3S/c17-16(13-6-9-20-11-13)12-2-1-3-15(10-12)19-14-4-7-18-8-5-14/h1-3,6,9-11,14H,4-5,7-8H2. The number of carbonyl (C=O) groups is 1. The van der Waals surface area contributed by atoms with Crippen LogP contribution in [0.1, 0.15) is 28.8 Å². The van der Waals surface area contributed by atoms with Crippen LogP contribution in [-0.2, 0) is 4.74 Å². The average molecular weight is 288 g/mol. The van der Waals surface area contributed by atoms with Gasteiger partial charge >= 0.3 is 0 Å². The van der Waals surface area contributed by atoms with Crippen LogP contribution >= 0.6 is 11.3 Å². The lowest BCUT2D eigenvalue weighted by atomic mass is 10.1. The van der Waals surface area contributed by atoms with E-state index in [-0.39, 0.29) is 11.9 Å². The molecule has 0 radical (unpaired) electrons. The fourth-order valence-electron chi connectivity index (χ4n) is 2.26. The van der Waals surface area contributed by atoms with Crippen LogP contribution in [-0.4, -0.2) is 25.1 Å². The van der Waals surface area contributed by atoms with Crippen molar-refractivity contribution in [2.45, 2.75) is 18.9 Å².